The average molecular weight is 208 g/mol. The summed E-state index contributed by atoms with van der Waals surface area (Å²) in [6, 6.07) is 3.88. The zero-order chi connectivity index (χ0) is 11.3. The number of nitrogens with zero attached hydrogens (tertiary/aromatic N) is 2. The number of carbonyl (C=O) groups is 1. The Balaban J connectivity index is 2.78. The molecule has 1 aromatic rings. The SMILES string of the molecule is CCN(CC(=O)OC)c1cc(C)ccn1. The second-order valence-electron chi connectivity index (χ2n) is 3.28. The molecule has 0 amide bonds. The van der Waals surface area contributed by atoms with Crippen LogP contribution in [-0.2, 0) is 9.53 Å². The van der Waals surface area contributed by atoms with Gasteiger partial charge in [-0.3, -0.25) is 4.79 Å². The van der Waals surface area contributed by atoms with Crippen molar-refractivity contribution in [1.29, 1.82) is 0 Å². The summed E-state index contributed by atoms with van der Waals surface area (Å²) >= 11 is 0. The second kappa shape index (κ2) is 5.34. The minimum atomic E-state index is -0.250. The van der Waals surface area contributed by atoms with Gasteiger partial charge in [0.15, 0.2) is 0 Å². The number of esters is 1. The third-order valence-corrected chi connectivity index (χ3v) is 2.15. The minimum Gasteiger partial charge on any atom is -0.468 e. The Morgan fingerprint density at radius 1 is 1.60 bits per heavy atom. The molecule has 0 aliphatic rings. The van der Waals surface area contributed by atoms with Gasteiger partial charge in [-0.2, -0.15) is 0 Å². The molecule has 0 saturated heterocycles. The number of aryl methyl sites for hydroxylation is 1. The van der Waals surface area contributed by atoms with Gasteiger partial charge in [-0.1, -0.05) is 0 Å². The number of carbonyl (C=O) groups excluding carboxylic acids is 1. The van der Waals surface area contributed by atoms with E-state index in [1.165, 1.54) is 7.11 Å². The van der Waals surface area contributed by atoms with Gasteiger partial charge >= 0.3 is 5.97 Å². The lowest BCUT2D eigenvalue weighted by Gasteiger charge is -2.20. The van der Waals surface area contributed by atoms with Gasteiger partial charge in [-0.05, 0) is 31.5 Å². The van der Waals surface area contributed by atoms with E-state index in [0.29, 0.717) is 0 Å². The first kappa shape index (κ1) is 11.5. The van der Waals surface area contributed by atoms with Crippen LogP contribution in [0.25, 0.3) is 0 Å². The van der Waals surface area contributed by atoms with Crippen molar-refractivity contribution in [3.8, 4) is 0 Å². The Labute approximate surface area is 89.9 Å². The largest absolute Gasteiger partial charge is 0.468 e. The lowest BCUT2D eigenvalue weighted by atomic mass is 10.3. The fourth-order valence-corrected chi connectivity index (χ4v) is 1.27. The molecule has 1 heterocycles. The highest BCUT2D eigenvalue weighted by molar-refractivity contribution is 5.75. The number of ether oxygens (including phenoxy) is 1. The quantitative estimate of drug-likeness (QED) is 0.701. The van der Waals surface area contributed by atoms with Crippen molar-refractivity contribution in [2.24, 2.45) is 0 Å². The fraction of sp³-hybridized carbons (Fsp3) is 0.455. The topological polar surface area (TPSA) is 42.4 Å². The Kier molecular flexibility index (Phi) is 4.09. The number of pyridine rings is 1. The van der Waals surface area contributed by atoms with Gasteiger partial charge < -0.3 is 9.64 Å². The summed E-state index contributed by atoms with van der Waals surface area (Å²) in [5.74, 6) is 0.558. The maximum atomic E-state index is 11.1. The molecule has 0 unspecified atom stereocenters. The molecule has 0 radical (unpaired) electrons. The smallest absolute Gasteiger partial charge is 0.325 e. The molecular formula is C11H16N2O2. The molecular weight excluding hydrogens is 192 g/mol. The molecule has 0 aliphatic heterocycles. The number of hydrogen-bond acceptors (Lipinski definition) is 4. The standard InChI is InChI=1S/C11H16N2O2/c1-4-13(8-11(14)15-3)10-7-9(2)5-6-12-10/h5-7H,4,8H2,1-3H3. The molecule has 1 rings (SSSR count). The van der Waals surface area contributed by atoms with E-state index in [0.717, 1.165) is 17.9 Å². The number of hydrogen-bond donors (Lipinski definition) is 0. The Morgan fingerprint density at radius 2 is 2.33 bits per heavy atom. The van der Waals surface area contributed by atoms with Crippen molar-refractivity contribution in [2.75, 3.05) is 25.1 Å². The first-order chi connectivity index (χ1) is 7.17. The van der Waals surface area contributed by atoms with Crippen molar-refractivity contribution in [1.82, 2.24) is 4.98 Å². The summed E-state index contributed by atoms with van der Waals surface area (Å²) in [5.41, 5.74) is 1.13. The molecule has 0 aromatic carbocycles. The van der Waals surface area contributed by atoms with Crippen molar-refractivity contribution in [2.45, 2.75) is 13.8 Å². The highest BCUT2D eigenvalue weighted by atomic mass is 16.5. The maximum Gasteiger partial charge on any atom is 0.325 e. The molecule has 0 atom stereocenters. The predicted molar refractivity (Wildman–Crippen MR) is 58.9 cm³/mol. The lowest BCUT2D eigenvalue weighted by Crippen LogP contribution is -2.30. The molecule has 15 heavy (non-hydrogen) atoms. The molecule has 82 valence electrons. The molecule has 4 heteroatoms. The summed E-state index contributed by atoms with van der Waals surface area (Å²) in [6.45, 7) is 4.94. The predicted octanol–water partition coefficient (Wildman–Crippen LogP) is 1.39. The molecule has 0 aliphatic carbocycles. The molecule has 0 N–H and O–H groups in total. The van der Waals surface area contributed by atoms with Gasteiger partial charge in [-0.15, -0.1) is 0 Å². The average Bonchev–Trinajstić information content (AvgIpc) is 2.25. The van der Waals surface area contributed by atoms with Crippen LogP contribution in [0.4, 0.5) is 5.82 Å². The first-order valence-corrected chi connectivity index (χ1v) is 4.91. The lowest BCUT2D eigenvalue weighted by molar-refractivity contribution is -0.138. The van der Waals surface area contributed by atoms with E-state index >= 15 is 0 Å². The highest BCUT2D eigenvalue weighted by Gasteiger charge is 2.10. The summed E-state index contributed by atoms with van der Waals surface area (Å²) in [6.07, 6.45) is 1.74. The van der Waals surface area contributed by atoms with Crippen molar-refractivity contribution in [3.05, 3.63) is 23.9 Å². The summed E-state index contributed by atoms with van der Waals surface area (Å²) < 4.78 is 4.63. The molecule has 1 aromatic heterocycles. The van der Waals surface area contributed by atoms with E-state index in [-0.39, 0.29) is 12.5 Å². The van der Waals surface area contributed by atoms with Crippen LogP contribution in [0, 0.1) is 6.92 Å². The number of likely N-dealkylation sites (N-methyl/N-ethyl adjacent to an activating group) is 1. The molecule has 0 fully saturated rings. The molecule has 0 bridgehead atoms. The van der Waals surface area contributed by atoms with Gasteiger partial charge in [0, 0.05) is 12.7 Å². The maximum absolute atomic E-state index is 11.1. The van der Waals surface area contributed by atoms with Crippen LogP contribution >= 0.6 is 0 Å². The summed E-state index contributed by atoms with van der Waals surface area (Å²) in [4.78, 5) is 17.2. The molecule has 0 saturated carbocycles. The minimum absolute atomic E-state index is 0.240. The van der Waals surface area contributed by atoms with Crippen LogP contribution in [-0.4, -0.2) is 31.2 Å². The fourth-order valence-electron chi connectivity index (χ4n) is 1.27. The Morgan fingerprint density at radius 3 is 2.87 bits per heavy atom. The van der Waals surface area contributed by atoms with Gasteiger partial charge in [0.05, 0.1) is 7.11 Å². The van der Waals surface area contributed by atoms with Gasteiger partial charge in [0.1, 0.15) is 12.4 Å². The van der Waals surface area contributed by atoms with Crippen LogP contribution in [0.15, 0.2) is 18.3 Å². The van der Waals surface area contributed by atoms with Crippen LogP contribution in [0.3, 0.4) is 0 Å². The summed E-state index contributed by atoms with van der Waals surface area (Å²) in [5, 5.41) is 0. The van der Waals surface area contributed by atoms with E-state index in [4.69, 9.17) is 0 Å². The normalized spacial score (nSPS) is 9.80. The third-order valence-electron chi connectivity index (χ3n) is 2.15. The summed E-state index contributed by atoms with van der Waals surface area (Å²) in [7, 11) is 1.39. The van der Waals surface area contributed by atoms with Crippen LogP contribution in [0.2, 0.25) is 0 Å². The molecule has 4 nitrogen and oxygen atoms in total. The van der Waals surface area contributed by atoms with Crippen molar-refractivity contribution >= 4 is 11.8 Å². The van der Waals surface area contributed by atoms with Crippen LogP contribution in [0.1, 0.15) is 12.5 Å². The third kappa shape index (κ3) is 3.23. The van der Waals surface area contributed by atoms with Crippen LogP contribution < -0.4 is 4.90 Å². The van der Waals surface area contributed by atoms with E-state index in [2.05, 4.69) is 9.72 Å². The van der Waals surface area contributed by atoms with Crippen molar-refractivity contribution in [3.63, 3.8) is 0 Å². The Bertz CT molecular complexity index is 339. The monoisotopic (exact) mass is 208 g/mol. The van der Waals surface area contributed by atoms with E-state index in [9.17, 15) is 4.79 Å². The van der Waals surface area contributed by atoms with Crippen LogP contribution in [0.5, 0.6) is 0 Å². The van der Waals surface area contributed by atoms with E-state index in [1.807, 2.05) is 30.9 Å². The number of anilines is 1. The highest BCUT2D eigenvalue weighted by Crippen LogP contribution is 2.11. The zero-order valence-corrected chi connectivity index (χ0v) is 9.36. The number of rotatable bonds is 4. The van der Waals surface area contributed by atoms with E-state index < -0.39 is 0 Å². The number of methoxy groups -OCH3 is 1. The first-order valence-electron chi connectivity index (χ1n) is 4.91. The van der Waals surface area contributed by atoms with E-state index in [1.54, 1.807) is 6.20 Å². The van der Waals surface area contributed by atoms with Gasteiger partial charge in [-0.25, -0.2) is 4.98 Å². The molecule has 0 spiro atoms. The zero-order valence-electron chi connectivity index (χ0n) is 9.36. The number of aromatic nitrogens is 1. The Hall–Kier alpha value is -1.58. The van der Waals surface area contributed by atoms with Gasteiger partial charge in [0.2, 0.25) is 0 Å². The van der Waals surface area contributed by atoms with Gasteiger partial charge in [0.25, 0.3) is 0 Å². The second-order valence-corrected chi connectivity index (χ2v) is 3.28. The van der Waals surface area contributed by atoms with Crippen molar-refractivity contribution < 1.29 is 9.53 Å².